The molecule has 1 aromatic heterocycles. The van der Waals surface area contributed by atoms with E-state index in [1.54, 1.807) is 12.1 Å². The van der Waals surface area contributed by atoms with E-state index in [9.17, 15) is 4.79 Å². The number of aromatic nitrogens is 2. The zero-order chi connectivity index (χ0) is 18.0. The smallest absolute Gasteiger partial charge is 0.271 e. The largest absolute Gasteiger partial charge is 0.368 e. The number of carbonyl (C=O) groups is 1. The second kappa shape index (κ2) is 9.32. The molecule has 5 heteroatoms. The molecule has 0 aliphatic rings. The van der Waals surface area contributed by atoms with Crippen LogP contribution in [0, 0.1) is 0 Å². The van der Waals surface area contributed by atoms with Crippen molar-refractivity contribution in [2.45, 2.75) is 12.8 Å². The van der Waals surface area contributed by atoms with E-state index in [4.69, 9.17) is 0 Å². The quantitative estimate of drug-likeness (QED) is 0.658. The Hall–Kier alpha value is -3.21. The standard InChI is InChI=1S/C21H22N4O/c26-21(23-16-14-18-9-5-2-6-10-18)19-11-12-20(25-24-19)22-15-13-17-7-3-1-4-8-17/h1-12H,13-16H2,(H,22,25)(H,23,26). The molecule has 3 aromatic rings. The molecule has 1 amide bonds. The van der Waals surface area contributed by atoms with Crippen molar-refractivity contribution in [3.05, 3.63) is 89.6 Å². The number of hydrogen-bond donors (Lipinski definition) is 2. The molecule has 0 spiro atoms. The van der Waals surface area contributed by atoms with Crippen molar-refractivity contribution in [1.29, 1.82) is 0 Å². The molecule has 2 N–H and O–H groups in total. The van der Waals surface area contributed by atoms with Crippen LogP contribution in [0.3, 0.4) is 0 Å². The topological polar surface area (TPSA) is 66.9 Å². The molecule has 0 saturated carbocycles. The molecule has 3 rings (SSSR count). The third-order valence-corrected chi connectivity index (χ3v) is 4.00. The van der Waals surface area contributed by atoms with Crippen molar-refractivity contribution in [2.24, 2.45) is 0 Å². The van der Waals surface area contributed by atoms with Gasteiger partial charge in [-0.25, -0.2) is 0 Å². The lowest BCUT2D eigenvalue weighted by molar-refractivity contribution is 0.0948. The van der Waals surface area contributed by atoms with Crippen LogP contribution in [0.25, 0.3) is 0 Å². The van der Waals surface area contributed by atoms with Crippen LogP contribution in [-0.4, -0.2) is 29.2 Å². The third kappa shape index (κ3) is 5.41. The zero-order valence-electron chi connectivity index (χ0n) is 14.6. The number of amides is 1. The first kappa shape index (κ1) is 17.6. The SMILES string of the molecule is O=C(NCCc1ccccc1)c1ccc(NCCc2ccccc2)nn1. The highest BCUT2D eigenvalue weighted by Crippen LogP contribution is 2.04. The highest BCUT2D eigenvalue weighted by Gasteiger charge is 2.07. The van der Waals surface area contributed by atoms with Gasteiger partial charge in [0.15, 0.2) is 5.69 Å². The Balaban J connectivity index is 1.42. The third-order valence-electron chi connectivity index (χ3n) is 4.00. The average Bonchev–Trinajstić information content (AvgIpc) is 2.70. The summed E-state index contributed by atoms with van der Waals surface area (Å²) in [6, 6.07) is 23.8. The predicted molar refractivity (Wildman–Crippen MR) is 103 cm³/mol. The van der Waals surface area contributed by atoms with E-state index in [1.165, 1.54) is 11.1 Å². The van der Waals surface area contributed by atoms with Crippen molar-refractivity contribution in [3.63, 3.8) is 0 Å². The van der Waals surface area contributed by atoms with Crippen molar-refractivity contribution in [3.8, 4) is 0 Å². The summed E-state index contributed by atoms with van der Waals surface area (Å²) in [5, 5.41) is 14.2. The van der Waals surface area contributed by atoms with Crippen LogP contribution in [0.5, 0.6) is 0 Å². The molecule has 132 valence electrons. The molecule has 1 heterocycles. The van der Waals surface area contributed by atoms with E-state index < -0.39 is 0 Å². The van der Waals surface area contributed by atoms with E-state index >= 15 is 0 Å². The number of carbonyl (C=O) groups excluding carboxylic acids is 1. The van der Waals surface area contributed by atoms with Crippen LogP contribution in [0.1, 0.15) is 21.6 Å². The van der Waals surface area contributed by atoms with E-state index in [1.807, 2.05) is 48.5 Å². The first-order valence-corrected chi connectivity index (χ1v) is 8.75. The monoisotopic (exact) mass is 346 g/mol. The normalized spacial score (nSPS) is 10.3. The fourth-order valence-corrected chi connectivity index (χ4v) is 2.58. The molecule has 0 radical (unpaired) electrons. The van der Waals surface area contributed by atoms with Crippen LogP contribution in [-0.2, 0) is 12.8 Å². The van der Waals surface area contributed by atoms with Gasteiger partial charge in [0.05, 0.1) is 0 Å². The number of nitrogens with zero attached hydrogens (tertiary/aromatic N) is 2. The minimum absolute atomic E-state index is 0.204. The second-order valence-electron chi connectivity index (χ2n) is 5.96. The minimum Gasteiger partial charge on any atom is -0.368 e. The van der Waals surface area contributed by atoms with E-state index in [2.05, 4.69) is 33.0 Å². The molecule has 0 atom stereocenters. The Morgan fingerprint density at radius 3 is 1.92 bits per heavy atom. The number of rotatable bonds is 8. The number of nitrogens with one attached hydrogen (secondary N) is 2. The van der Waals surface area contributed by atoms with Gasteiger partial charge in [0.25, 0.3) is 5.91 Å². The second-order valence-corrected chi connectivity index (χ2v) is 5.96. The van der Waals surface area contributed by atoms with Gasteiger partial charge in [-0.05, 0) is 36.1 Å². The highest BCUT2D eigenvalue weighted by molar-refractivity contribution is 5.92. The summed E-state index contributed by atoms with van der Waals surface area (Å²) in [7, 11) is 0. The summed E-state index contributed by atoms with van der Waals surface area (Å²) in [5.41, 5.74) is 2.78. The number of anilines is 1. The van der Waals surface area contributed by atoms with Gasteiger partial charge in [-0.15, -0.1) is 10.2 Å². The molecule has 5 nitrogen and oxygen atoms in total. The molecule has 0 aliphatic carbocycles. The van der Waals surface area contributed by atoms with Crippen LogP contribution in [0.2, 0.25) is 0 Å². The van der Waals surface area contributed by atoms with Gasteiger partial charge in [0.1, 0.15) is 5.82 Å². The maximum Gasteiger partial charge on any atom is 0.271 e. The summed E-state index contributed by atoms with van der Waals surface area (Å²) >= 11 is 0. The summed E-state index contributed by atoms with van der Waals surface area (Å²) in [6.07, 6.45) is 1.70. The summed E-state index contributed by atoms with van der Waals surface area (Å²) in [4.78, 5) is 12.1. The zero-order valence-corrected chi connectivity index (χ0v) is 14.6. The Morgan fingerprint density at radius 2 is 1.35 bits per heavy atom. The van der Waals surface area contributed by atoms with Crippen LogP contribution in [0.4, 0.5) is 5.82 Å². The summed E-state index contributed by atoms with van der Waals surface area (Å²) in [6.45, 7) is 1.34. The number of benzene rings is 2. The lowest BCUT2D eigenvalue weighted by Gasteiger charge is -2.07. The molecule has 26 heavy (non-hydrogen) atoms. The van der Waals surface area contributed by atoms with Gasteiger partial charge in [-0.1, -0.05) is 60.7 Å². The van der Waals surface area contributed by atoms with Gasteiger partial charge in [-0.3, -0.25) is 4.79 Å². The molecule has 0 bridgehead atoms. The molecule has 0 saturated heterocycles. The average molecular weight is 346 g/mol. The van der Waals surface area contributed by atoms with E-state index in [-0.39, 0.29) is 5.91 Å². The Labute approximate surface area is 153 Å². The van der Waals surface area contributed by atoms with Gasteiger partial charge in [-0.2, -0.15) is 0 Å². The van der Waals surface area contributed by atoms with Gasteiger partial charge < -0.3 is 10.6 Å². The fourth-order valence-electron chi connectivity index (χ4n) is 2.58. The minimum atomic E-state index is -0.204. The summed E-state index contributed by atoms with van der Waals surface area (Å²) in [5.74, 6) is 0.464. The molecular weight excluding hydrogens is 324 g/mol. The molecule has 0 fully saturated rings. The molecular formula is C21H22N4O. The Morgan fingerprint density at radius 1 is 0.731 bits per heavy atom. The van der Waals surface area contributed by atoms with Gasteiger partial charge in [0.2, 0.25) is 0 Å². The van der Waals surface area contributed by atoms with Crippen LogP contribution in [0.15, 0.2) is 72.8 Å². The molecule has 2 aromatic carbocycles. The predicted octanol–water partition coefficient (Wildman–Crippen LogP) is 3.10. The van der Waals surface area contributed by atoms with Crippen molar-refractivity contribution >= 4 is 11.7 Å². The first-order chi connectivity index (χ1) is 12.8. The Bertz CT molecular complexity index is 804. The fraction of sp³-hybridized carbons (Fsp3) is 0.190. The lowest BCUT2D eigenvalue weighted by atomic mass is 10.1. The number of hydrogen-bond acceptors (Lipinski definition) is 4. The summed E-state index contributed by atoms with van der Waals surface area (Å²) < 4.78 is 0. The lowest BCUT2D eigenvalue weighted by Crippen LogP contribution is -2.26. The highest BCUT2D eigenvalue weighted by atomic mass is 16.1. The van der Waals surface area contributed by atoms with Crippen molar-refractivity contribution in [1.82, 2.24) is 15.5 Å². The molecule has 0 aliphatic heterocycles. The maximum absolute atomic E-state index is 12.1. The maximum atomic E-state index is 12.1. The van der Waals surface area contributed by atoms with E-state index in [0.29, 0.717) is 18.1 Å². The molecule has 0 unspecified atom stereocenters. The van der Waals surface area contributed by atoms with E-state index in [0.717, 1.165) is 19.4 Å². The van der Waals surface area contributed by atoms with Gasteiger partial charge in [0, 0.05) is 13.1 Å². The van der Waals surface area contributed by atoms with Crippen LogP contribution < -0.4 is 10.6 Å². The van der Waals surface area contributed by atoms with Crippen LogP contribution >= 0.6 is 0 Å². The Kier molecular flexibility index (Phi) is 6.31. The van der Waals surface area contributed by atoms with Gasteiger partial charge >= 0.3 is 0 Å². The first-order valence-electron chi connectivity index (χ1n) is 8.75. The van der Waals surface area contributed by atoms with Crippen molar-refractivity contribution in [2.75, 3.05) is 18.4 Å². The van der Waals surface area contributed by atoms with Crippen molar-refractivity contribution < 1.29 is 4.79 Å².